The number of nitrogens with zero attached hydrogens (tertiary/aromatic N) is 2. The number of aliphatic hydroxyl groups is 1. The van der Waals surface area contributed by atoms with Crippen LogP contribution in [0.5, 0.6) is 0 Å². The van der Waals surface area contributed by atoms with E-state index in [-0.39, 0.29) is 6.10 Å². The molecule has 4 nitrogen and oxygen atoms in total. The van der Waals surface area contributed by atoms with Crippen molar-refractivity contribution in [2.24, 2.45) is 7.05 Å². The van der Waals surface area contributed by atoms with Gasteiger partial charge in [-0.25, -0.2) is 0 Å². The summed E-state index contributed by atoms with van der Waals surface area (Å²) in [5.41, 5.74) is 3.44. The maximum atomic E-state index is 9.45. The smallest absolute Gasteiger partial charge is 0.0848 e. The van der Waals surface area contributed by atoms with Gasteiger partial charge in [-0.3, -0.25) is 4.68 Å². The molecule has 82 valence electrons. The molecule has 15 heavy (non-hydrogen) atoms. The van der Waals surface area contributed by atoms with Crippen LogP contribution in [0.1, 0.15) is 11.4 Å². The normalized spacial score (nSPS) is 21.5. The van der Waals surface area contributed by atoms with Gasteiger partial charge in [0.25, 0.3) is 0 Å². The number of β-amino-alcohol motifs (C(OH)–C–C–N with tert-alkyl or cyclic N) is 1. The number of aryl methyl sites for hydroxylation is 2. The molecule has 2 N–H and O–H groups in total. The first-order chi connectivity index (χ1) is 7.15. The summed E-state index contributed by atoms with van der Waals surface area (Å²) in [6, 6.07) is 2.09. The number of nitrogens with one attached hydrogen (secondary N) is 1. The lowest BCUT2D eigenvalue weighted by Gasteiger charge is -2.17. The third-order valence-corrected chi connectivity index (χ3v) is 2.71. The van der Waals surface area contributed by atoms with Gasteiger partial charge in [0.1, 0.15) is 0 Å². The van der Waals surface area contributed by atoms with Gasteiger partial charge in [-0.05, 0) is 13.0 Å². The van der Waals surface area contributed by atoms with Crippen molar-refractivity contribution in [3.8, 4) is 0 Å². The van der Waals surface area contributed by atoms with Crippen molar-refractivity contribution in [3.63, 3.8) is 0 Å². The Hall–Kier alpha value is -1.13. The van der Waals surface area contributed by atoms with Crippen molar-refractivity contribution < 1.29 is 5.11 Å². The summed E-state index contributed by atoms with van der Waals surface area (Å²) in [6.45, 7) is 3.55. The van der Waals surface area contributed by atoms with E-state index in [0.717, 1.165) is 24.4 Å². The highest BCUT2D eigenvalue weighted by Gasteiger charge is 2.11. The molecule has 2 rings (SSSR count). The molecule has 4 heteroatoms. The number of hydrogen-bond acceptors (Lipinski definition) is 3. The average molecular weight is 207 g/mol. The van der Waals surface area contributed by atoms with E-state index in [0.29, 0.717) is 6.54 Å². The predicted molar refractivity (Wildman–Crippen MR) is 58.6 cm³/mol. The van der Waals surface area contributed by atoms with Gasteiger partial charge in [0, 0.05) is 32.3 Å². The second kappa shape index (κ2) is 4.16. The zero-order chi connectivity index (χ0) is 10.8. The van der Waals surface area contributed by atoms with Crippen LogP contribution in [0, 0.1) is 6.92 Å². The lowest BCUT2D eigenvalue weighted by atomic mass is 10.0. The Kier molecular flexibility index (Phi) is 2.88. The molecule has 0 aromatic carbocycles. The van der Waals surface area contributed by atoms with Gasteiger partial charge in [0.15, 0.2) is 0 Å². The van der Waals surface area contributed by atoms with Crippen molar-refractivity contribution >= 4 is 0 Å². The summed E-state index contributed by atoms with van der Waals surface area (Å²) in [7, 11) is 1.95. The monoisotopic (exact) mass is 207 g/mol. The zero-order valence-electron chi connectivity index (χ0n) is 9.20. The minimum Gasteiger partial charge on any atom is -0.388 e. The second-order valence-electron chi connectivity index (χ2n) is 4.10. The van der Waals surface area contributed by atoms with Crippen molar-refractivity contribution in [2.75, 3.05) is 13.1 Å². The molecule has 0 saturated carbocycles. The molecule has 1 aromatic rings. The van der Waals surface area contributed by atoms with Crippen LogP contribution in [0.25, 0.3) is 0 Å². The Labute approximate surface area is 89.6 Å². The van der Waals surface area contributed by atoms with Crippen LogP contribution < -0.4 is 5.32 Å². The number of aliphatic hydroxyl groups excluding tert-OH is 1. The Bertz CT molecular complexity index is 362. The number of aromatic nitrogens is 2. The van der Waals surface area contributed by atoms with Gasteiger partial charge in [-0.2, -0.15) is 5.10 Å². The minimum absolute atomic E-state index is 0.349. The largest absolute Gasteiger partial charge is 0.388 e. The molecule has 1 aliphatic rings. The molecule has 1 atom stereocenters. The van der Waals surface area contributed by atoms with E-state index in [4.69, 9.17) is 0 Å². The predicted octanol–water partition coefficient (Wildman–Crippen LogP) is 0.162. The summed E-state index contributed by atoms with van der Waals surface area (Å²) in [6.07, 6.45) is 2.41. The molecule has 0 saturated heterocycles. The Balaban J connectivity index is 2.08. The van der Waals surface area contributed by atoms with Gasteiger partial charge in [0.2, 0.25) is 0 Å². The standard InChI is InChI=1S/C11H17N3O/c1-8-3-10(13-14(8)2)4-9-5-11(15)7-12-6-9/h3,5,11-12,15H,4,6-7H2,1-2H3. The van der Waals surface area contributed by atoms with Crippen LogP contribution in [-0.4, -0.2) is 34.1 Å². The van der Waals surface area contributed by atoms with E-state index in [9.17, 15) is 5.11 Å². The summed E-state index contributed by atoms with van der Waals surface area (Å²) in [5.74, 6) is 0. The molecule has 0 radical (unpaired) electrons. The summed E-state index contributed by atoms with van der Waals surface area (Å²) in [5, 5.41) is 17.0. The van der Waals surface area contributed by atoms with E-state index in [2.05, 4.69) is 16.5 Å². The first-order valence-electron chi connectivity index (χ1n) is 5.23. The molecule has 1 aliphatic heterocycles. The van der Waals surface area contributed by atoms with E-state index >= 15 is 0 Å². The Morgan fingerprint density at radius 1 is 1.67 bits per heavy atom. The van der Waals surface area contributed by atoms with Crippen molar-refractivity contribution in [1.29, 1.82) is 0 Å². The van der Waals surface area contributed by atoms with E-state index in [1.165, 1.54) is 5.57 Å². The zero-order valence-corrected chi connectivity index (χ0v) is 9.20. The quantitative estimate of drug-likeness (QED) is 0.679. The molecular weight excluding hydrogens is 190 g/mol. The van der Waals surface area contributed by atoms with Crippen LogP contribution in [-0.2, 0) is 13.5 Å². The Morgan fingerprint density at radius 3 is 3.07 bits per heavy atom. The van der Waals surface area contributed by atoms with Crippen LogP contribution in [0.3, 0.4) is 0 Å². The third-order valence-electron chi connectivity index (χ3n) is 2.71. The van der Waals surface area contributed by atoms with Crippen LogP contribution in [0.2, 0.25) is 0 Å². The number of hydrogen-bond donors (Lipinski definition) is 2. The van der Waals surface area contributed by atoms with Gasteiger partial charge in [0.05, 0.1) is 11.8 Å². The lowest BCUT2D eigenvalue weighted by molar-refractivity contribution is 0.212. The highest BCUT2D eigenvalue weighted by molar-refractivity contribution is 5.20. The maximum Gasteiger partial charge on any atom is 0.0848 e. The van der Waals surface area contributed by atoms with Gasteiger partial charge in [-0.1, -0.05) is 11.6 Å². The van der Waals surface area contributed by atoms with E-state index < -0.39 is 0 Å². The molecule has 0 spiro atoms. The SMILES string of the molecule is Cc1cc(CC2=CC(O)CNC2)nn1C. The molecule has 2 heterocycles. The first kappa shape index (κ1) is 10.4. The van der Waals surface area contributed by atoms with Crippen molar-refractivity contribution in [3.05, 3.63) is 29.1 Å². The van der Waals surface area contributed by atoms with Gasteiger partial charge >= 0.3 is 0 Å². The number of rotatable bonds is 2. The maximum absolute atomic E-state index is 9.45. The van der Waals surface area contributed by atoms with E-state index in [1.807, 2.05) is 24.7 Å². The third kappa shape index (κ3) is 2.46. The van der Waals surface area contributed by atoms with Crippen LogP contribution in [0.15, 0.2) is 17.7 Å². The van der Waals surface area contributed by atoms with E-state index in [1.54, 1.807) is 0 Å². The molecule has 0 aliphatic carbocycles. The molecule has 0 bridgehead atoms. The fraction of sp³-hybridized carbons (Fsp3) is 0.545. The lowest BCUT2D eigenvalue weighted by Crippen LogP contribution is -2.32. The molecule has 0 amide bonds. The fourth-order valence-corrected chi connectivity index (χ4v) is 1.85. The molecule has 1 unspecified atom stereocenters. The molecular formula is C11H17N3O. The highest BCUT2D eigenvalue weighted by Crippen LogP contribution is 2.10. The van der Waals surface area contributed by atoms with Gasteiger partial charge in [-0.15, -0.1) is 0 Å². The fourth-order valence-electron chi connectivity index (χ4n) is 1.85. The Morgan fingerprint density at radius 2 is 2.47 bits per heavy atom. The minimum atomic E-state index is -0.349. The molecule has 1 aromatic heterocycles. The summed E-state index contributed by atoms with van der Waals surface area (Å²) in [4.78, 5) is 0. The first-order valence-corrected chi connectivity index (χ1v) is 5.23. The topological polar surface area (TPSA) is 50.1 Å². The van der Waals surface area contributed by atoms with Gasteiger partial charge < -0.3 is 10.4 Å². The summed E-state index contributed by atoms with van der Waals surface area (Å²) < 4.78 is 1.88. The van der Waals surface area contributed by atoms with Crippen LogP contribution in [0.4, 0.5) is 0 Å². The van der Waals surface area contributed by atoms with Crippen molar-refractivity contribution in [1.82, 2.24) is 15.1 Å². The van der Waals surface area contributed by atoms with Crippen molar-refractivity contribution in [2.45, 2.75) is 19.4 Å². The second-order valence-corrected chi connectivity index (χ2v) is 4.10. The average Bonchev–Trinajstić information content (AvgIpc) is 2.45. The molecule has 0 fully saturated rings. The van der Waals surface area contributed by atoms with Crippen LogP contribution >= 0.6 is 0 Å². The summed E-state index contributed by atoms with van der Waals surface area (Å²) >= 11 is 0. The highest BCUT2D eigenvalue weighted by atomic mass is 16.3.